The largest absolute Gasteiger partial charge is 0.507 e. The fraction of sp³-hybridized carbons (Fsp3) is 0.722. The summed E-state index contributed by atoms with van der Waals surface area (Å²) >= 11 is 0. The molecule has 1 aromatic rings. The number of phenols is 1. The van der Waals surface area contributed by atoms with E-state index in [0.29, 0.717) is 36.3 Å². The Balaban J connectivity index is 2.40. The highest BCUT2D eigenvalue weighted by atomic mass is 16.5. The van der Waals surface area contributed by atoms with Gasteiger partial charge in [0.15, 0.2) is 0 Å². The van der Waals surface area contributed by atoms with E-state index < -0.39 is 0 Å². The molecule has 0 aliphatic rings. The van der Waals surface area contributed by atoms with Crippen LogP contribution >= 0.6 is 0 Å². The Morgan fingerprint density at radius 3 is 1.30 bits per heavy atom. The zero-order valence-corrected chi connectivity index (χ0v) is 28.1. The molecule has 1 rings (SSSR count). The van der Waals surface area contributed by atoms with Gasteiger partial charge in [-0.05, 0) is 31.9 Å². The minimum atomic E-state index is -0.145. The van der Waals surface area contributed by atoms with Crippen molar-refractivity contribution in [3.05, 3.63) is 23.3 Å². The number of nitrogens with one attached hydrogen (secondary N) is 2. The molecule has 0 spiro atoms. The van der Waals surface area contributed by atoms with Crippen LogP contribution in [0.15, 0.2) is 22.3 Å². The second-order valence-corrected chi connectivity index (χ2v) is 11.8. The molecule has 0 saturated heterocycles. The van der Waals surface area contributed by atoms with Gasteiger partial charge in [0.05, 0.1) is 19.0 Å². The zero-order valence-electron chi connectivity index (χ0n) is 28.1. The van der Waals surface area contributed by atoms with Gasteiger partial charge in [0, 0.05) is 24.0 Å². The molecule has 0 bridgehead atoms. The number of amides is 2. The third-order valence-corrected chi connectivity index (χ3v) is 7.75. The molecule has 0 fully saturated rings. The molecule has 3 N–H and O–H groups in total. The SMILES string of the molecule is CCCCCCCCCCCCC(=O)N/N=C/c1cc(OCC)cc(/C=N/NC(=O)CCCCCCCCCCCC)c1O. The average molecular weight is 615 g/mol. The lowest BCUT2D eigenvalue weighted by atomic mass is 10.1. The number of carbonyl (C=O) groups excluding carboxylic acids is 2. The van der Waals surface area contributed by atoms with E-state index >= 15 is 0 Å². The Labute approximate surface area is 267 Å². The fourth-order valence-electron chi connectivity index (χ4n) is 5.10. The molecule has 2 amide bonds. The van der Waals surface area contributed by atoms with Gasteiger partial charge in [0.1, 0.15) is 11.5 Å². The van der Waals surface area contributed by atoms with E-state index in [1.165, 1.54) is 102 Å². The molecule has 0 aliphatic heterocycles. The molecule has 44 heavy (non-hydrogen) atoms. The molecule has 0 saturated carbocycles. The molecule has 1 aromatic carbocycles. The third-order valence-electron chi connectivity index (χ3n) is 7.75. The van der Waals surface area contributed by atoms with Gasteiger partial charge in [0.25, 0.3) is 0 Å². The molecule has 0 aromatic heterocycles. The quantitative estimate of drug-likeness (QED) is 0.0496. The number of phenolic OH excluding ortho intramolecular Hbond substituents is 1. The number of hydrogen-bond acceptors (Lipinski definition) is 6. The van der Waals surface area contributed by atoms with Crippen LogP contribution in [-0.2, 0) is 9.59 Å². The summed E-state index contributed by atoms with van der Waals surface area (Å²) in [6, 6.07) is 3.30. The highest BCUT2D eigenvalue weighted by molar-refractivity contribution is 5.93. The van der Waals surface area contributed by atoms with Gasteiger partial charge in [-0.15, -0.1) is 0 Å². The van der Waals surface area contributed by atoms with Gasteiger partial charge >= 0.3 is 0 Å². The lowest BCUT2D eigenvalue weighted by molar-refractivity contribution is -0.122. The van der Waals surface area contributed by atoms with Crippen LogP contribution in [0.1, 0.15) is 173 Å². The summed E-state index contributed by atoms with van der Waals surface area (Å²) in [4.78, 5) is 24.4. The van der Waals surface area contributed by atoms with Gasteiger partial charge in [-0.3, -0.25) is 9.59 Å². The zero-order chi connectivity index (χ0) is 32.1. The molecular weight excluding hydrogens is 552 g/mol. The van der Waals surface area contributed by atoms with Crippen LogP contribution in [0.5, 0.6) is 11.5 Å². The highest BCUT2D eigenvalue weighted by Gasteiger charge is 2.09. The van der Waals surface area contributed by atoms with E-state index in [1.807, 2.05) is 6.92 Å². The lowest BCUT2D eigenvalue weighted by Crippen LogP contribution is -2.17. The molecule has 250 valence electrons. The number of benzene rings is 1. The number of rotatable bonds is 28. The first-order chi connectivity index (χ1) is 21.5. The first-order valence-electron chi connectivity index (χ1n) is 17.6. The molecule has 0 radical (unpaired) electrons. The third kappa shape index (κ3) is 20.9. The summed E-state index contributed by atoms with van der Waals surface area (Å²) < 4.78 is 5.62. The summed E-state index contributed by atoms with van der Waals surface area (Å²) in [6.07, 6.45) is 28.0. The number of hydrogen-bond donors (Lipinski definition) is 3. The molecular formula is C36H62N4O4. The van der Waals surface area contributed by atoms with Crippen LogP contribution < -0.4 is 15.6 Å². The van der Waals surface area contributed by atoms with Gasteiger partial charge in [-0.25, -0.2) is 10.9 Å². The molecule has 0 heterocycles. The maximum Gasteiger partial charge on any atom is 0.240 e. The molecule has 8 nitrogen and oxygen atoms in total. The predicted octanol–water partition coefficient (Wildman–Crippen LogP) is 9.31. The van der Waals surface area contributed by atoms with Gasteiger partial charge in [-0.2, -0.15) is 10.2 Å². The Hall–Kier alpha value is -2.90. The Morgan fingerprint density at radius 1 is 0.614 bits per heavy atom. The van der Waals surface area contributed by atoms with E-state index in [-0.39, 0.29) is 17.6 Å². The monoisotopic (exact) mass is 614 g/mol. The van der Waals surface area contributed by atoms with Crippen molar-refractivity contribution in [2.45, 2.75) is 162 Å². The number of aromatic hydroxyl groups is 1. The fourth-order valence-corrected chi connectivity index (χ4v) is 5.10. The summed E-state index contributed by atoms with van der Waals surface area (Å²) in [5.74, 6) is 0.178. The number of ether oxygens (including phenoxy) is 1. The van der Waals surface area contributed by atoms with Gasteiger partial charge in [0.2, 0.25) is 11.8 Å². The highest BCUT2D eigenvalue weighted by Crippen LogP contribution is 2.26. The Bertz CT molecular complexity index is 879. The summed E-state index contributed by atoms with van der Waals surface area (Å²) in [7, 11) is 0. The second kappa shape index (κ2) is 27.6. The van der Waals surface area contributed by atoms with Crippen LogP contribution in [0.2, 0.25) is 0 Å². The van der Waals surface area contributed by atoms with E-state index in [1.54, 1.807) is 12.1 Å². The maximum atomic E-state index is 12.2. The number of unbranched alkanes of at least 4 members (excludes halogenated alkanes) is 18. The first kappa shape index (κ1) is 39.1. The lowest BCUT2D eigenvalue weighted by Gasteiger charge is -2.09. The van der Waals surface area contributed by atoms with E-state index in [4.69, 9.17) is 4.74 Å². The van der Waals surface area contributed by atoms with E-state index in [2.05, 4.69) is 34.9 Å². The number of carbonyl (C=O) groups is 2. The van der Waals surface area contributed by atoms with E-state index in [0.717, 1.165) is 38.5 Å². The van der Waals surface area contributed by atoms with Crippen molar-refractivity contribution in [1.82, 2.24) is 10.9 Å². The number of hydrazone groups is 2. The van der Waals surface area contributed by atoms with Crippen LogP contribution in [0.4, 0.5) is 0 Å². The van der Waals surface area contributed by atoms with Crippen molar-refractivity contribution in [2.75, 3.05) is 6.61 Å². The summed E-state index contributed by atoms with van der Waals surface area (Å²) in [6.45, 7) is 6.79. The van der Waals surface area contributed by atoms with Crippen molar-refractivity contribution in [1.29, 1.82) is 0 Å². The first-order valence-corrected chi connectivity index (χ1v) is 17.6. The maximum absolute atomic E-state index is 12.2. The van der Waals surface area contributed by atoms with Crippen LogP contribution in [-0.4, -0.2) is 36.0 Å². The van der Waals surface area contributed by atoms with Crippen molar-refractivity contribution < 1.29 is 19.4 Å². The minimum absolute atomic E-state index is 0.0613. The standard InChI is InChI=1S/C36H62N4O4/c1-4-7-9-11-13-15-17-19-21-23-25-34(41)39-37-29-31-27-33(44-6-3)28-32(36(31)43)30-38-40-35(42)26-24-22-20-18-16-14-12-10-8-5-2/h27-30,43H,4-26H2,1-3H3,(H,39,41)(H,40,42)/b37-29+,38-30+. The molecule has 0 unspecified atom stereocenters. The van der Waals surface area contributed by atoms with Crippen molar-refractivity contribution in [3.63, 3.8) is 0 Å². The molecule has 8 heteroatoms. The van der Waals surface area contributed by atoms with Crippen LogP contribution in [0.25, 0.3) is 0 Å². The Kier molecular flexibility index (Phi) is 24.6. The van der Waals surface area contributed by atoms with Crippen LogP contribution in [0.3, 0.4) is 0 Å². The van der Waals surface area contributed by atoms with Crippen molar-refractivity contribution in [3.8, 4) is 11.5 Å². The minimum Gasteiger partial charge on any atom is -0.507 e. The summed E-state index contributed by atoms with van der Waals surface area (Å²) in [5.41, 5.74) is 5.87. The normalized spacial score (nSPS) is 11.4. The topological polar surface area (TPSA) is 112 Å². The van der Waals surface area contributed by atoms with Crippen molar-refractivity contribution >= 4 is 24.2 Å². The Morgan fingerprint density at radius 2 is 0.955 bits per heavy atom. The molecule has 0 atom stereocenters. The molecule has 0 aliphatic carbocycles. The van der Waals surface area contributed by atoms with Crippen molar-refractivity contribution in [2.24, 2.45) is 10.2 Å². The second-order valence-electron chi connectivity index (χ2n) is 11.8. The van der Waals surface area contributed by atoms with E-state index in [9.17, 15) is 14.7 Å². The van der Waals surface area contributed by atoms with Gasteiger partial charge in [-0.1, -0.05) is 129 Å². The number of nitrogens with zero attached hydrogens (tertiary/aromatic N) is 2. The smallest absolute Gasteiger partial charge is 0.240 e. The van der Waals surface area contributed by atoms with Crippen LogP contribution in [0, 0.1) is 0 Å². The predicted molar refractivity (Wildman–Crippen MR) is 184 cm³/mol. The summed E-state index contributed by atoms with van der Waals surface area (Å²) in [5, 5.41) is 18.8. The van der Waals surface area contributed by atoms with Gasteiger partial charge < -0.3 is 9.84 Å². The average Bonchev–Trinajstić information content (AvgIpc) is 3.01.